The van der Waals surface area contributed by atoms with E-state index in [9.17, 15) is 0 Å². The Hall–Kier alpha value is -1.71. The maximum absolute atomic E-state index is 3.78. The van der Waals surface area contributed by atoms with Crippen LogP contribution >= 0.6 is 0 Å². The summed E-state index contributed by atoms with van der Waals surface area (Å²) in [6.07, 6.45) is 4.69. The van der Waals surface area contributed by atoms with Gasteiger partial charge in [-0.15, -0.1) is 0 Å². The highest BCUT2D eigenvalue weighted by Crippen LogP contribution is 2.11. The Morgan fingerprint density at radius 1 is 0.882 bits per heavy atom. The minimum Gasteiger partial charge on any atom is -0.412 e. The van der Waals surface area contributed by atoms with Gasteiger partial charge in [-0.3, -0.25) is 4.98 Å². The normalized spacial score (nSPS) is 12.5. The highest BCUT2D eigenvalue weighted by molar-refractivity contribution is 5.28. The third kappa shape index (κ3) is 4.34. The average Bonchev–Trinajstić information content (AvgIpc) is 2.42. The van der Waals surface area contributed by atoms with Crippen molar-refractivity contribution in [3.05, 3.63) is 66.0 Å². The van der Waals surface area contributed by atoms with E-state index in [2.05, 4.69) is 34.6 Å². The molecule has 17 heavy (non-hydrogen) atoms. The van der Waals surface area contributed by atoms with Crippen molar-refractivity contribution in [1.82, 2.24) is 10.3 Å². The molecule has 0 spiro atoms. The number of hydrogen-bond acceptors (Lipinski definition) is 2. The second-order valence-electron chi connectivity index (χ2n) is 3.72. The Morgan fingerprint density at radius 2 is 1.59 bits per heavy atom. The van der Waals surface area contributed by atoms with Crippen LogP contribution in [-0.2, 0) is 13.0 Å². The van der Waals surface area contributed by atoms with Gasteiger partial charge in [0.15, 0.2) is 0 Å². The highest BCUT2D eigenvalue weighted by atomic mass is 16.0. The molecule has 2 heterocycles. The average molecular weight is 230 g/mol. The molecule has 0 radical (unpaired) electrons. The maximum Gasteiger partial charge on any atom is 0.0267 e. The first-order valence-corrected chi connectivity index (χ1v) is 5.59. The van der Waals surface area contributed by atoms with Crippen molar-refractivity contribution in [1.29, 1.82) is 0 Å². The van der Waals surface area contributed by atoms with E-state index in [1.165, 1.54) is 17.5 Å². The van der Waals surface area contributed by atoms with Crippen molar-refractivity contribution in [3.63, 3.8) is 0 Å². The summed E-state index contributed by atoms with van der Waals surface area (Å²) in [6.45, 7) is 2.19. The molecule has 1 aliphatic heterocycles. The molecule has 0 saturated heterocycles. The zero-order valence-corrected chi connectivity index (χ0v) is 9.76. The van der Waals surface area contributed by atoms with Gasteiger partial charge >= 0.3 is 0 Å². The molecule has 3 N–H and O–H groups in total. The molecule has 0 fully saturated rings. The lowest BCUT2D eigenvalue weighted by molar-refractivity contribution is 0.644. The van der Waals surface area contributed by atoms with Gasteiger partial charge in [-0.05, 0) is 36.2 Å². The number of pyridine rings is 1. The summed E-state index contributed by atoms with van der Waals surface area (Å²) in [6, 6.07) is 14.3. The van der Waals surface area contributed by atoms with Crippen LogP contribution in [0.15, 0.2) is 54.9 Å². The van der Waals surface area contributed by atoms with Gasteiger partial charge in [0.2, 0.25) is 0 Å². The summed E-state index contributed by atoms with van der Waals surface area (Å²) < 4.78 is 0. The van der Waals surface area contributed by atoms with Gasteiger partial charge in [-0.1, -0.05) is 30.3 Å². The summed E-state index contributed by atoms with van der Waals surface area (Å²) in [7, 11) is 0. The quantitative estimate of drug-likeness (QED) is 0.747. The number of hydrogen-bond donors (Lipinski definition) is 1. The van der Waals surface area contributed by atoms with Crippen LogP contribution in [0.4, 0.5) is 0 Å². The molecule has 0 unspecified atom stereocenters. The molecule has 0 amide bonds. The van der Waals surface area contributed by atoms with E-state index in [0.29, 0.717) is 0 Å². The molecule has 1 aliphatic rings. The summed E-state index contributed by atoms with van der Waals surface area (Å²) in [5.41, 5.74) is 2.98. The first-order chi connectivity index (χ1) is 7.97. The number of aromatic nitrogens is 1. The Bertz CT molecular complexity index is 366. The van der Waals surface area contributed by atoms with Crippen LogP contribution in [0.25, 0.3) is 0 Å². The molecule has 3 nitrogen and oxygen atoms in total. The van der Waals surface area contributed by atoms with Gasteiger partial charge in [-0.2, -0.15) is 0 Å². The number of rotatable bonds is 0. The van der Waals surface area contributed by atoms with Crippen molar-refractivity contribution in [2.75, 3.05) is 6.54 Å². The van der Waals surface area contributed by atoms with Gasteiger partial charge in [0.05, 0.1) is 0 Å². The summed E-state index contributed by atoms with van der Waals surface area (Å²) >= 11 is 0. The smallest absolute Gasteiger partial charge is 0.0267 e. The van der Waals surface area contributed by atoms with Crippen LogP contribution in [0.3, 0.4) is 0 Å². The van der Waals surface area contributed by atoms with E-state index in [4.69, 9.17) is 0 Å². The summed E-state index contributed by atoms with van der Waals surface area (Å²) in [4.78, 5) is 3.78. The molecule has 0 atom stereocenters. The van der Waals surface area contributed by atoms with Crippen LogP contribution in [0.2, 0.25) is 0 Å². The van der Waals surface area contributed by atoms with Gasteiger partial charge < -0.3 is 10.8 Å². The molecule has 0 bridgehead atoms. The third-order valence-corrected chi connectivity index (χ3v) is 2.57. The Morgan fingerprint density at radius 3 is 2.12 bits per heavy atom. The summed E-state index contributed by atoms with van der Waals surface area (Å²) in [5.74, 6) is 0. The SMILES string of the molecule is O.c1ccc2c(c1)CCNC2.c1ccncc1. The summed E-state index contributed by atoms with van der Waals surface area (Å²) in [5, 5.41) is 3.34. The molecule has 0 saturated carbocycles. The van der Waals surface area contributed by atoms with Gasteiger partial charge in [0.1, 0.15) is 0 Å². The fourth-order valence-corrected chi connectivity index (χ4v) is 1.73. The monoisotopic (exact) mass is 230 g/mol. The van der Waals surface area contributed by atoms with Crippen molar-refractivity contribution in [2.24, 2.45) is 0 Å². The number of benzene rings is 1. The number of nitrogens with one attached hydrogen (secondary N) is 1. The van der Waals surface area contributed by atoms with Crippen LogP contribution in [0.5, 0.6) is 0 Å². The van der Waals surface area contributed by atoms with Crippen LogP contribution in [-0.4, -0.2) is 17.0 Å². The zero-order chi connectivity index (χ0) is 11.1. The van der Waals surface area contributed by atoms with Crippen molar-refractivity contribution in [2.45, 2.75) is 13.0 Å². The minimum absolute atomic E-state index is 0. The van der Waals surface area contributed by atoms with Crippen molar-refractivity contribution >= 4 is 0 Å². The molecule has 3 heteroatoms. The fraction of sp³-hybridized carbons (Fsp3) is 0.214. The predicted octanol–water partition coefficient (Wildman–Crippen LogP) is 1.59. The molecule has 1 aromatic heterocycles. The molecular weight excluding hydrogens is 212 g/mol. The van der Waals surface area contributed by atoms with Gasteiger partial charge in [0.25, 0.3) is 0 Å². The molecule has 0 aliphatic carbocycles. The number of nitrogens with zero attached hydrogens (tertiary/aromatic N) is 1. The second kappa shape index (κ2) is 7.54. The third-order valence-electron chi connectivity index (χ3n) is 2.57. The first kappa shape index (κ1) is 13.4. The lowest BCUT2D eigenvalue weighted by atomic mass is 10.0. The second-order valence-corrected chi connectivity index (χ2v) is 3.72. The van der Waals surface area contributed by atoms with E-state index >= 15 is 0 Å². The largest absolute Gasteiger partial charge is 0.412 e. The standard InChI is InChI=1S/C9H11N.C5H5N.H2O/c1-2-4-9-7-10-6-5-8(9)3-1;1-2-4-6-5-3-1;/h1-4,10H,5-7H2;1-5H;1H2. The van der Waals surface area contributed by atoms with Crippen molar-refractivity contribution < 1.29 is 5.48 Å². The topological polar surface area (TPSA) is 56.4 Å². The molecule has 2 aromatic rings. The van der Waals surface area contributed by atoms with Crippen LogP contribution in [0.1, 0.15) is 11.1 Å². The van der Waals surface area contributed by atoms with Crippen LogP contribution in [0, 0.1) is 0 Å². The van der Waals surface area contributed by atoms with E-state index in [-0.39, 0.29) is 5.48 Å². The Labute approximate surface area is 102 Å². The predicted molar refractivity (Wildman–Crippen MR) is 69.7 cm³/mol. The van der Waals surface area contributed by atoms with E-state index in [1.54, 1.807) is 12.4 Å². The zero-order valence-electron chi connectivity index (χ0n) is 9.76. The first-order valence-electron chi connectivity index (χ1n) is 5.59. The molecule has 90 valence electrons. The van der Waals surface area contributed by atoms with E-state index in [1.807, 2.05) is 18.2 Å². The molecular formula is C14H18N2O. The van der Waals surface area contributed by atoms with Gasteiger partial charge in [0, 0.05) is 18.9 Å². The van der Waals surface area contributed by atoms with Crippen LogP contribution < -0.4 is 5.32 Å². The van der Waals surface area contributed by atoms with E-state index in [0.717, 1.165) is 13.1 Å². The maximum atomic E-state index is 3.78. The molecule has 1 aromatic carbocycles. The lowest BCUT2D eigenvalue weighted by Crippen LogP contribution is -2.23. The van der Waals surface area contributed by atoms with E-state index < -0.39 is 0 Å². The lowest BCUT2D eigenvalue weighted by Gasteiger charge is -2.15. The fourth-order valence-electron chi connectivity index (χ4n) is 1.73. The highest BCUT2D eigenvalue weighted by Gasteiger charge is 2.05. The minimum atomic E-state index is 0. The van der Waals surface area contributed by atoms with Crippen molar-refractivity contribution in [3.8, 4) is 0 Å². The molecule has 3 rings (SSSR count). The Balaban J connectivity index is 0.000000180. The van der Waals surface area contributed by atoms with Gasteiger partial charge in [-0.25, -0.2) is 0 Å². The Kier molecular flexibility index (Phi) is 5.93. The number of fused-ring (bicyclic) bond motifs is 1.